The van der Waals surface area contributed by atoms with E-state index in [1.54, 1.807) is 42.5 Å². The summed E-state index contributed by atoms with van der Waals surface area (Å²) in [6.07, 6.45) is 0.978. The van der Waals surface area contributed by atoms with Crippen molar-refractivity contribution in [2.45, 2.75) is 25.1 Å². The number of halogens is 2. The topological polar surface area (TPSA) is 137 Å². The molecular weight excluding hydrogens is 496 g/mol. The number of hydrogen-bond donors (Lipinski definition) is 3. The molecule has 2 heterocycles. The van der Waals surface area contributed by atoms with E-state index in [2.05, 4.69) is 32.4 Å². The highest BCUT2D eigenvalue weighted by atomic mass is 19.1. The number of rotatable bonds is 7. The lowest BCUT2D eigenvalue weighted by Crippen LogP contribution is -2.45. The van der Waals surface area contributed by atoms with Crippen LogP contribution in [0.25, 0.3) is 27.9 Å². The Kier molecular flexibility index (Phi) is 6.45. The number of ether oxygens (including phenoxy) is 1. The number of hydrogen-bond acceptors (Lipinski definition) is 7. The fourth-order valence-corrected chi connectivity index (χ4v) is 4.27. The lowest BCUT2D eigenvalue weighted by molar-refractivity contribution is -0.114. The number of fused-ring (bicyclic) bond motifs is 1. The first-order chi connectivity index (χ1) is 18.2. The highest BCUT2D eigenvalue weighted by Gasteiger charge is 2.31. The second kappa shape index (κ2) is 9.88. The predicted molar refractivity (Wildman–Crippen MR) is 137 cm³/mol. The Bertz CT molecular complexity index is 1560. The smallest absolute Gasteiger partial charge is 0.283 e. The van der Waals surface area contributed by atoms with Gasteiger partial charge in [-0.15, -0.1) is 14.8 Å². The Labute approximate surface area is 215 Å². The van der Waals surface area contributed by atoms with Gasteiger partial charge in [0, 0.05) is 22.9 Å². The van der Waals surface area contributed by atoms with Gasteiger partial charge in [0.15, 0.2) is 11.6 Å². The van der Waals surface area contributed by atoms with Crippen LogP contribution in [0.3, 0.4) is 0 Å². The number of methoxy groups -OCH3 is 1. The second-order valence-electron chi connectivity index (χ2n) is 8.80. The van der Waals surface area contributed by atoms with Gasteiger partial charge in [-0.1, -0.05) is 24.8 Å². The summed E-state index contributed by atoms with van der Waals surface area (Å²) >= 11 is 0. The second-order valence-corrected chi connectivity index (χ2v) is 8.80. The molecule has 0 unspecified atom stereocenters. The average Bonchev–Trinajstić information content (AvgIpc) is 3.28. The minimum Gasteiger partial charge on any atom is -0.496 e. The third-order valence-electron chi connectivity index (χ3n) is 6.28. The summed E-state index contributed by atoms with van der Waals surface area (Å²) in [7, 11) is 1.45. The highest BCUT2D eigenvalue weighted by Crippen LogP contribution is 2.39. The molecule has 0 aliphatic heterocycles. The van der Waals surface area contributed by atoms with Crippen molar-refractivity contribution in [3.05, 3.63) is 66.8 Å². The first kappa shape index (κ1) is 24.8. The van der Waals surface area contributed by atoms with Gasteiger partial charge in [-0.2, -0.15) is 0 Å². The molecule has 2 aromatic carbocycles. The van der Waals surface area contributed by atoms with Gasteiger partial charge in [-0.3, -0.25) is 9.59 Å². The fraction of sp³-hybridized carbons (Fsp3) is 0.192. The fourth-order valence-electron chi connectivity index (χ4n) is 4.27. The summed E-state index contributed by atoms with van der Waals surface area (Å²) in [5.74, 6) is -1.91. The summed E-state index contributed by atoms with van der Waals surface area (Å²) in [4.78, 5) is 28.5. The molecule has 1 aliphatic rings. The first-order valence-corrected chi connectivity index (χ1v) is 11.6. The van der Waals surface area contributed by atoms with E-state index in [9.17, 15) is 18.4 Å². The molecule has 2 aromatic heterocycles. The summed E-state index contributed by atoms with van der Waals surface area (Å²) < 4.78 is 33.1. The molecule has 0 bridgehead atoms. The van der Waals surface area contributed by atoms with Gasteiger partial charge in [-0.05, 0) is 42.7 Å². The molecule has 0 radical (unpaired) electrons. The van der Waals surface area contributed by atoms with Crippen LogP contribution in [0, 0.1) is 0 Å². The Morgan fingerprint density at radius 1 is 1.16 bits per heavy atom. The zero-order valence-corrected chi connectivity index (χ0v) is 20.2. The van der Waals surface area contributed by atoms with Crippen LogP contribution in [0.4, 0.5) is 20.3 Å². The molecule has 1 fully saturated rings. The maximum Gasteiger partial charge on any atom is 0.283 e. The molecule has 0 saturated heterocycles. The monoisotopic (exact) mass is 519 g/mol. The number of nitrogens with zero attached hydrogens (tertiary/aromatic N) is 4. The summed E-state index contributed by atoms with van der Waals surface area (Å²) in [5, 5.41) is 14.0. The van der Waals surface area contributed by atoms with Gasteiger partial charge in [-0.25, -0.2) is 13.8 Å². The van der Waals surface area contributed by atoms with E-state index in [1.165, 1.54) is 18.1 Å². The molecule has 194 valence electrons. The van der Waals surface area contributed by atoms with Gasteiger partial charge in [0.2, 0.25) is 0 Å². The van der Waals surface area contributed by atoms with E-state index >= 15 is 0 Å². The van der Waals surface area contributed by atoms with Gasteiger partial charge in [0.1, 0.15) is 29.5 Å². The third-order valence-corrected chi connectivity index (χ3v) is 6.28. The molecule has 5 rings (SSSR count). The van der Waals surface area contributed by atoms with Crippen molar-refractivity contribution in [3.63, 3.8) is 0 Å². The van der Waals surface area contributed by atoms with Crippen molar-refractivity contribution in [1.82, 2.24) is 25.1 Å². The number of anilines is 2. The Morgan fingerprint density at radius 2 is 1.87 bits per heavy atom. The number of carbonyl (C=O) groups excluding carboxylic acids is 2. The van der Waals surface area contributed by atoms with E-state index < -0.39 is 17.9 Å². The minimum atomic E-state index is -1.10. The van der Waals surface area contributed by atoms with Crippen molar-refractivity contribution < 1.29 is 23.1 Å². The number of nitrogen functional groups attached to an aromatic ring is 1. The van der Waals surface area contributed by atoms with Gasteiger partial charge >= 0.3 is 0 Å². The largest absolute Gasteiger partial charge is 0.496 e. The van der Waals surface area contributed by atoms with Crippen LogP contribution in [-0.4, -0.2) is 50.9 Å². The summed E-state index contributed by atoms with van der Waals surface area (Å²) in [6, 6.07) is 11.4. The van der Waals surface area contributed by atoms with Crippen LogP contribution in [0.2, 0.25) is 0 Å². The number of nitrogens with one attached hydrogen (secondary N) is 2. The Balaban J connectivity index is 1.56. The predicted octanol–water partition coefficient (Wildman–Crippen LogP) is 3.70. The molecule has 38 heavy (non-hydrogen) atoms. The quantitative estimate of drug-likeness (QED) is 0.317. The molecule has 10 nitrogen and oxygen atoms in total. The molecule has 1 aliphatic carbocycles. The van der Waals surface area contributed by atoms with Crippen LogP contribution in [0.1, 0.15) is 23.2 Å². The molecule has 0 atom stereocenters. The lowest BCUT2D eigenvalue weighted by atomic mass is 9.90. The number of benzene rings is 2. The van der Waals surface area contributed by atoms with Crippen LogP contribution >= 0.6 is 0 Å². The average molecular weight is 520 g/mol. The zero-order chi connectivity index (χ0) is 27.0. The first-order valence-electron chi connectivity index (χ1n) is 11.6. The van der Waals surface area contributed by atoms with Crippen LogP contribution < -0.4 is 21.1 Å². The molecule has 1 saturated carbocycles. The Hall–Kier alpha value is -4.87. The maximum atomic E-state index is 13.2. The molecule has 0 spiro atoms. The van der Waals surface area contributed by atoms with Crippen molar-refractivity contribution in [3.8, 4) is 28.1 Å². The number of carbonyl (C=O) groups is 2. The highest BCUT2D eigenvalue weighted by molar-refractivity contribution is 6.02. The molecular formula is C26H23F2N7O3. The number of nitrogens with two attached hydrogens (primary N) is 1. The van der Waals surface area contributed by atoms with Crippen LogP contribution in [0.5, 0.6) is 5.75 Å². The van der Waals surface area contributed by atoms with E-state index in [-0.39, 0.29) is 17.8 Å². The van der Waals surface area contributed by atoms with Crippen molar-refractivity contribution in [2.24, 2.45) is 0 Å². The van der Waals surface area contributed by atoms with Gasteiger partial charge < -0.3 is 21.1 Å². The van der Waals surface area contributed by atoms with E-state index in [0.29, 0.717) is 57.7 Å². The normalized spacial score (nSPS) is 16.5. The third kappa shape index (κ3) is 4.63. The summed E-state index contributed by atoms with van der Waals surface area (Å²) in [5.41, 5.74) is 9.66. The summed E-state index contributed by atoms with van der Waals surface area (Å²) in [6.45, 7) is 2.98. The minimum absolute atomic E-state index is 0.186. The van der Waals surface area contributed by atoms with E-state index in [0.717, 1.165) is 0 Å². The maximum absolute atomic E-state index is 13.2. The number of alkyl halides is 1. The molecule has 2 amide bonds. The zero-order valence-electron chi connectivity index (χ0n) is 20.2. The molecule has 12 heteroatoms. The van der Waals surface area contributed by atoms with Crippen LogP contribution in [-0.2, 0) is 4.79 Å². The van der Waals surface area contributed by atoms with E-state index in [1.807, 2.05) is 0 Å². The number of aromatic nitrogens is 4. The van der Waals surface area contributed by atoms with Crippen molar-refractivity contribution in [1.29, 1.82) is 0 Å². The van der Waals surface area contributed by atoms with Gasteiger partial charge in [0.05, 0.1) is 12.7 Å². The Morgan fingerprint density at radius 3 is 2.53 bits per heavy atom. The number of amides is 2. The van der Waals surface area contributed by atoms with Gasteiger partial charge in [0.25, 0.3) is 11.8 Å². The van der Waals surface area contributed by atoms with Crippen molar-refractivity contribution >= 4 is 28.8 Å². The van der Waals surface area contributed by atoms with Crippen LogP contribution in [0.15, 0.2) is 61.2 Å². The molecule has 4 N–H and O–H groups in total. The lowest BCUT2D eigenvalue weighted by Gasteiger charge is -2.30. The molecule has 4 aromatic rings. The van der Waals surface area contributed by atoms with E-state index in [4.69, 9.17) is 10.5 Å². The standard InChI is InChI=1S/C26H23F2N7O3/c1-13(27)25(36)32-17-6-3-14(4-7-17)22-21(23-24(29)30-12-31-35(23)34-22)15-5-8-19(20(9-15)38-2)26(37)33-18-10-16(28)11-18/h3-9,12,16,18H,1,10-11H2,2H3,(H,32,36)(H,33,37)(H2,29,30,31). The van der Waals surface area contributed by atoms with Crippen molar-refractivity contribution in [2.75, 3.05) is 18.2 Å². The SMILES string of the molecule is C=C(F)C(=O)Nc1ccc(-c2nn3ncnc(N)c3c2-c2ccc(C(=O)NC3CC(F)C3)c(OC)c2)cc1.